The molecule has 1 N–H and O–H groups in total. The molecule has 4 heteroatoms. The Labute approximate surface area is 131 Å². The zero-order valence-electron chi connectivity index (χ0n) is 11.8. The zero-order chi connectivity index (χ0) is 13.6. The minimum absolute atomic E-state index is 0. The summed E-state index contributed by atoms with van der Waals surface area (Å²) in [6.07, 6.45) is -0.0576. The van der Waals surface area contributed by atoms with E-state index in [1.165, 1.54) is 0 Å². The predicted octanol–water partition coefficient (Wildman–Crippen LogP) is 3.22. The standard InChI is InChI=1S/C17H19NO2.ClH/c1-3-7-14(8-4-1)17(16-13-18-11-12-19-16)20-15-9-5-2-6-10-15;/h1-10,16-18H,11-13H2;1H. The molecule has 112 valence electrons. The predicted molar refractivity (Wildman–Crippen MR) is 86.1 cm³/mol. The van der Waals surface area contributed by atoms with Gasteiger partial charge in [0, 0.05) is 13.1 Å². The average molecular weight is 306 g/mol. The maximum absolute atomic E-state index is 6.18. The third kappa shape index (κ3) is 4.21. The fourth-order valence-electron chi connectivity index (χ4n) is 2.43. The molecule has 2 atom stereocenters. The number of morpholine rings is 1. The van der Waals surface area contributed by atoms with Crippen LogP contribution in [0, 0.1) is 0 Å². The number of ether oxygens (including phenoxy) is 2. The van der Waals surface area contributed by atoms with Gasteiger partial charge in [-0.1, -0.05) is 48.5 Å². The molecule has 3 nitrogen and oxygen atoms in total. The van der Waals surface area contributed by atoms with E-state index in [0.29, 0.717) is 0 Å². The van der Waals surface area contributed by atoms with Crippen molar-refractivity contribution in [3.05, 3.63) is 66.2 Å². The van der Waals surface area contributed by atoms with E-state index < -0.39 is 0 Å². The van der Waals surface area contributed by atoms with Gasteiger partial charge in [-0.15, -0.1) is 12.4 Å². The normalized spacial score (nSPS) is 19.3. The fourth-order valence-corrected chi connectivity index (χ4v) is 2.43. The largest absolute Gasteiger partial charge is 0.483 e. The van der Waals surface area contributed by atoms with Crippen LogP contribution < -0.4 is 10.1 Å². The lowest BCUT2D eigenvalue weighted by molar-refractivity contribution is -0.0432. The number of para-hydroxylation sites is 1. The van der Waals surface area contributed by atoms with E-state index in [1.54, 1.807) is 0 Å². The van der Waals surface area contributed by atoms with Crippen molar-refractivity contribution in [1.29, 1.82) is 0 Å². The van der Waals surface area contributed by atoms with E-state index in [9.17, 15) is 0 Å². The summed E-state index contributed by atoms with van der Waals surface area (Å²) in [6, 6.07) is 20.2. The zero-order valence-corrected chi connectivity index (χ0v) is 12.6. The third-order valence-corrected chi connectivity index (χ3v) is 3.43. The van der Waals surface area contributed by atoms with Crippen LogP contribution in [0.25, 0.3) is 0 Å². The lowest BCUT2D eigenvalue weighted by Crippen LogP contribution is -2.43. The summed E-state index contributed by atoms with van der Waals surface area (Å²) in [6.45, 7) is 2.45. The topological polar surface area (TPSA) is 30.5 Å². The quantitative estimate of drug-likeness (QED) is 0.941. The maximum Gasteiger partial charge on any atom is 0.151 e. The summed E-state index contributed by atoms with van der Waals surface area (Å²) in [5.74, 6) is 0.871. The molecule has 1 heterocycles. The molecule has 0 amide bonds. The first-order valence-corrected chi connectivity index (χ1v) is 7.02. The van der Waals surface area contributed by atoms with Gasteiger partial charge in [-0.3, -0.25) is 0 Å². The molecule has 0 spiro atoms. The van der Waals surface area contributed by atoms with E-state index in [-0.39, 0.29) is 24.6 Å². The smallest absolute Gasteiger partial charge is 0.151 e. The molecule has 0 bridgehead atoms. The second-order valence-corrected chi connectivity index (χ2v) is 4.88. The van der Waals surface area contributed by atoms with Gasteiger partial charge in [0.2, 0.25) is 0 Å². The van der Waals surface area contributed by atoms with Crippen LogP contribution in [0.5, 0.6) is 5.75 Å². The molecule has 0 aromatic heterocycles. The van der Waals surface area contributed by atoms with Crippen molar-refractivity contribution in [1.82, 2.24) is 5.32 Å². The number of benzene rings is 2. The average Bonchev–Trinajstić information content (AvgIpc) is 2.55. The molecule has 1 saturated heterocycles. The highest BCUT2D eigenvalue weighted by atomic mass is 35.5. The highest BCUT2D eigenvalue weighted by Crippen LogP contribution is 2.27. The number of rotatable bonds is 4. The van der Waals surface area contributed by atoms with Crippen LogP contribution >= 0.6 is 12.4 Å². The summed E-state index contributed by atoms with van der Waals surface area (Å²) >= 11 is 0. The summed E-state index contributed by atoms with van der Waals surface area (Å²) < 4.78 is 12.1. The van der Waals surface area contributed by atoms with Crippen LogP contribution in [0.4, 0.5) is 0 Å². The second-order valence-electron chi connectivity index (χ2n) is 4.88. The maximum atomic E-state index is 6.18. The van der Waals surface area contributed by atoms with Crippen LogP contribution in [0.2, 0.25) is 0 Å². The fraction of sp³-hybridized carbons (Fsp3) is 0.294. The number of nitrogens with one attached hydrogen (secondary N) is 1. The van der Waals surface area contributed by atoms with Gasteiger partial charge in [0.25, 0.3) is 0 Å². The van der Waals surface area contributed by atoms with Crippen molar-refractivity contribution >= 4 is 12.4 Å². The molecule has 21 heavy (non-hydrogen) atoms. The Morgan fingerprint density at radius 1 is 1.00 bits per heavy atom. The van der Waals surface area contributed by atoms with Gasteiger partial charge in [0.1, 0.15) is 11.9 Å². The van der Waals surface area contributed by atoms with Gasteiger partial charge in [0.15, 0.2) is 6.10 Å². The molecular weight excluding hydrogens is 286 g/mol. The Hall–Kier alpha value is -1.55. The molecule has 1 aliphatic heterocycles. The van der Waals surface area contributed by atoms with Gasteiger partial charge >= 0.3 is 0 Å². The summed E-state index contributed by atoms with van der Waals surface area (Å²) in [7, 11) is 0. The summed E-state index contributed by atoms with van der Waals surface area (Å²) in [5.41, 5.74) is 1.14. The van der Waals surface area contributed by atoms with E-state index in [4.69, 9.17) is 9.47 Å². The Morgan fingerprint density at radius 3 is 2.29 bits per heavy atom. The molecule has 3 rings (SSSR count). The molecule has 1 aliphatic rings. The number of hydrogen-bond acceptors (Lipinski definition) is 3. The molecule has 0 aliphatic carbocycles. The van der Waals surface area contributed by atoms with Crippen LogP contribution in [0.3, 0.4) is 0 Å². The van der Waals surface area contributed by atoms with Crippen LogP contribution in [-0.4, -0.2) is 25.8 Å². The van der Waals surface area contributed by atoms with Crippen molar-refractivity contribution in [2.24, 2.45) is 0 Å². The number of hydrogen-bond donors (Lipinski definition) is 1. The molecule has 2 aromatic carbocycles. The van der Waals surface area contributed by atoms with Gasteiger partial charge in [-0.05, 0) is 17.7 Å². The van der Waals surface area contributed by atoms with Gasteiger partial charge < -0.3 is 14.8 Å². The lowest BCUT2D eigenvalue weighted by atomic mass is 10.0. The van der Waals surface area contributed by atoms with Crippen molar-refractivity contribution in [2.75, 3.05) is 19.7 Å². The van der Waals surface area contributed by atoms with E-state index in [0.717, 1.165) is 31.0 Å². The van der Waals surface area contributed by atoms with E-state index >= 15 is 0 Å². The van der Waals surface area contributed by atoms with Gasteiger partial charge in [-0.2, -0.15) is 0 Å². The molecular formula is C17H20ClNO2. The van der Waals surface area contributed by atoms with E-state index in [1.807, 2.05) is 48.5 Å². The molecule has 1 fully saturated rings. The number of halogens is 1. The van der Waals surface area contributed by atoms with Crippen molar-refractivity contribution in [3.8, 4) is 5.75 Å². The third-order valence-electron chi connectivity index (χ3n) is 3.43. The summed E-state index contributed by atoms with van der Waals surface area (Å²) in [5, 5.41) is 3.37. The highest BCUT2D eigenvalue weighted by Gasteiger charge is 2.27. The Bertz CT molecular complexity index is 515. The van der Waals surface area contributed by atoms with Crippen molar-refractivity contribution < 1.29 is 9.47 Å². The first-order chi connectivity index (χ1) is 9.93. The minimum Gasteiger partial charge on any atom is -0.483 e. The van der Waals surface area contributed by atoms with Gasteiger partial charge in [0.05, 0.1) is 6.61 Å². The van der Waals surface area contributed by atoms with Crippen LogP contribution in [-0.2, 0) is 4.74 Å². The minimum atomic E-state index is -0.0913. The molecule has 2 aromatic rings. The first-order valence-electron chi connectivity index (χ1n) is 7.02. The molecule has 0 saturated carbocycles. The Kier molecular flexibility index (Phi) is 6.05. The van der Waals surface area contributed by atoms with Crippen molar-refractivity contribution in [2.45, 2.75) is 12.2 Å². The Morgan fingerprint density at radius 2 is 1.67 bits per heavy atom. The van der Waals surface area contributed by atoms with Crippen LogP contribution in [0.1, 0.15) is 11.7 Å². The van der Waals surface area contributed by atoms with E-state index in [2.05, 4.69) is 17.4 Å². The molecule has 2 unspecified atom stereocenters. The van der Waals surface area contributed by atoms with Crippen LogP contribution in [0.15, 0.2) is 60.7 Å². The van der Waals surface area contributed by atoms with Crippen molar-refractivity contribution in [3.63, 3.8) is 0 Å². The first kappa shape index (κ1) is 15.8. The highest BCUT2D eigenvalue weighted by molar-refractivity contribution is 5.85. The lowest BCUT2D eigenvalue weighted by Gasteiger charge is -2.31. The summed E-state index contributed by atoms with van der Waals surface area (Å²) in [4.78, 5) is 0. The Balaban J connectivity index is 0.00000161. The monoisotopic (exact) mass is 305 g/mol. The second kappa shape index (κ2) is 8.03. The molecule has 0 radical (unpaired) electrons. The SMILES string of the molecule is Cl.c1ccc(OC(c2ccccc2)C2CNCCO2)cc1. The van der Waals surface area contributed by atoms with Gasteiger partial charge in [-0.25, -0.2) is 0 Å².